The van der Waals surface area contributed by atoms with Gasteiger partial charge in [0.1, 0.15) is 5.75 Å². The lowest BCUT2D eigenvalue weighted by atomic mass is 10.2. The van der Waals surface area contributed by atoms with E-state index in [9.17, 15) is 9.59 Å². The molecule has 0 unspecified atom stereocenters. The van der Waals surface area contributed by atoms with E-state index in [1.54, 1.807) is 36.4 Å². The fourth-order valence-corrected chi connectivity index (χ4v) is 1.86. The smallest absolute Gasteiger partial charge is 0.262 e. The third-order valence-corrected chi connectivity index (χ3v) is 2.98. The molecule has 0 aromatic heterocycles. The molecule has 6 heteroatoms. The highest BCUT2D eigenvalue weighted by Gasteiger charge is 2.10. The zero-order valence-corrected chi connectivity index (χ0v) is 11.9. The molecule has 2 rings (SSSR count). The van der Waals surface area contributed by atoms with Crippen LogP contribution in [0.5, 0.6) is 5.75 Å². The van der Waals surface area contributed by atoms with E-state index in [-0.39, 0.29) is 23.8 Å². The second kappa shape index (κ2) is 7.24. The van der Waals surface area contributed by atoms with E-state index in [2.05, 4.69) is 5.32 Å². The van der Waals surface area contributed by atoms with Crippen LogP contribution in [0.3, 0.4) is 0 Å². The van der Waals surface area contributed by atoms with Gasteiger partial charge in [-0.3, -0.25) is 9.59 Å². The number of benzene rings is 2. The van der Waals surface area contributed by atoms with E-state index in [4.69, 9.17) is 16.2 Å². The second-order valence-corrected chi connectivity index (χ2v) is 4.60. The van der Waals surface area contributed by atoms with Gasteiger partial charge in [0.05, 0.1) is 5.56 Å². The van der Waals surface area contributed by atoms with Gasteiger partial charge in [-0.15, -0.1) is 0 Å². The normalized spacial score (nSPS) is 10.0. The fraction of sp³-hybridized carbons (Fsp3) is 0.125. The average Bonchev–Trinajstić information content (AvgIpc) is 2.54. The summed E-state index contributed by atoms with van der Waals surface area (Å²) in [7, 11) is 0. The Kier molecular flexibility index (Phi) is 5.11. The predicted octanol–water partition coefficient (Wildman–Crippen LogP) is 1.26. The van der Waals surface area contributed by atoms with Crippen molar-refractivity contribution in [1.29, 1.82) is 0 Å². The van der Waals surface area contributed by atoms with E-state index in [0.717, 1.165) is 5.56 Å². The summed E-state index contributed by atoms with van der Waals surface area (Å²) in [5.74, 6) is -0.656. The summed E-state index contributed by atoms with van der Waals surface area (Å²) in [6.07, 6.45) is 0. The number of primary amides is 1. The zero-order chi connectivity index (χ0) is 15.9. The number of ether oxygens (including phenoxy) is 1. The van der Waals surface area contributed by atoms with E-state index < -0.39 is 5.91 Å². The van der Waals surface area contributed by atoms with Gasteiger partial charge in [-0.1, -0.05) is 24.3 Å². The lowest BCUT2D eigenvalue weighted by molar-refractivity contribution is -0.118. The summed E-state index contributed by atoms with van der Waals surface area (Å²) in [5, 5.41) is 2.69. The molecule has 2 amide bonds. The average molecular weight is 299 g/mol. The Morgan fingerprint density at radius 1 is 1.05 bits per heavy atom. The first-order chi connectivity index (χ1) is 10.6. The van der Waals surface area contributed by atoms with Crippen LogP contribution in [0.25, 0.3) is 0 Å². The first-order valence-corrected chi connectivity index (χ1v) is 6.70. The van der Waals surface area contributed by atoms with Crippen molar-refractivity contribution < 1.29 is 14.3 Å². The summed E-state index contributed by atoms with van der Waals surface area (Å²) in [6.45, 7) is 0.226. The maximum atomic E-state index is 11.8. The van der Waals surface area contributed by atoms with E-state index in [0.29, 0.717) is 12.2 Å². The highest BCUT2D eigenvalue weighted by Crippen LogP contribution is 2.17. The first-order valence-electron chi connectivity index (χ1n) is 6.70. The summed E-state index contributed by atoms with van der Waals surface area (Å²) >= 11 is 0. The number of anilines is 1. The number of nitrogens with two attached hydrogens (primary N) is 2. The number of hydrogen-bond donors (Lipinski definition) is 3. The van der Waals surface area contributed by atoms with Gasteiger partial charge in [-0.25, -0.2) is 0 Å². The predicted molar refractivity (Wildman–Crippen MR) is 83.4 cm³/mol. The molecule has 2 aromatic carbocycles. The Morgan fingerprint density at radius 3 is 2.36 bits per heavy atom. The number of para-hydroxylation sites is 1. The van der Waals surface area contributed by atoms with Gasteiger partial charge >= 0.3 is 0 Å². The molecule has 0 heterocycles. The highest BCUT2D eigenvalue weighted by atomic mass is 16.5. The molecular weight excluding hydrogens is 282 g/mol. The van der Waals surface area contributed by atoms with Crippen LogP contribution in [0.1, 0.15) is 15.9 Å². The van der Waals surface area contributed by atoms with E-state index >= 15 is 0 Å². The molecule has 0 aliphatic heterocycles. The first kappa shape index (κ1) is 15.5. The quantitative estimate of drug-likeness (QED) is 0.746. The maximum Gasteiger partial charge on any atom is 0.262 e. The van der Waals surface area contributed by atoms with Crippen LogP contribution in [-0.4, -0.2) is 18.4 Å². The van der Waals surface area contributed by atoms with Crippen LogP contribution in [0.4, 0.5) is 5.69 Å². The number of rotatable bonds is 6. The van der Waals surface area contributed by atoms with Gasteiger partial charge in [0.25, 0.3) is 11.8 Å². The number of amides is 2. The molecule has 0 saturated heterocycles. The summed E-state index contributed by atoms with van der Waals surface area (Å²) in [5.41, 5.74) is 12.6. The molecule has 0 atom stereocenters. The largest absolute Gasteiger partial charge is 0.483 e. The Hall–Kier alpha value is -2.86. The summed E-state index contributed by atoms with van der Waals surface area (Å²) in [4.78, 5) is 23.1. The Labute approximate surface area is 128 Å². The van der Waals surface area contributed by atoms with E-state index in [1.807, 2.05) is 12.1 Å². The minimum absolute atomic E-state index is 0.219. The zero-order valence-electron chi connectivity index (χ0n) is 11.9. The Bertz CT molecular complexity index is 669. The molecule has 22 heavy (non-hydrogen) atoms. The molecule has 6 nitrogen and oxygen atoms in total. The van der Waals surface area contributed by atoms with Gasteiger partial charge in [0, 0.05) is 12.2 Å². The fourth-order valence-electron chi connectivity index (χ4n) is 1.86. The van der Waals surface area contributed by atoms with Crippen molar-refractivity contribution in [3.8, 4) is 5.75 Å². The lowest BCUT2D eigenvalue weighted by Gasteiger charge is -2.10. The molecule has 0 fully saturated rings. The number of nitrogens with one attached hydrogen (secondary N) is 1. The topological polar surface area (TPSA) is 107 Å². The van der Waals surface area contributed by atoms with Crippen molar-refractivity contribution in [2.45, 2.75) is 6.54 Å². The molecule has 0 bridgehead atoms. The van der Waals surface area contributed by atoms with Crippen molar-refractivity contribution in [3.05, 3.63) is 59.7 Å². The van der Waals surface area contributed by atoms with Gasteiger partial charge in [-0.2, -0.15) is 0 Å². The molecule has 2 aromatic rings. The Morgan fingerprint density at radius 2 is 1.73 bits per heavy atom. The molecular formula is C16H17N3O3. The van der Waals surface area contributed by atoms with Gasteiger partial charge < -0.3 is 21.5 Å². The van der Waals surface area contributed by atoms with Crippen molar-refractivity contribution >= 4 is 17.5 Å². The lowest BCUT2D eigenvalue weighted by Crippen LogP contribution is -2.21. The summed E-state index contributed by atoms with van der Waals surface area (Å²) in [6, 6.07) is 13.7. The molecule has 114 valence electrons. The molecule has 0 radical (unpaired) electrons. The monoisotopic (exact) mass is 299 g/mol. The van der Waals surface area contributed by atoms with Gasteiger partial charge in [-0.05, 0) is 29.8 Å². The second-order valence-electron chi connectivity index (χ2n) is 4.60. The van der Waals surface area contributed by atoms with Crippen molar-refractivity contribution in [2.24, 2.45) is 11.5 Å². The minimum Gasteiger partial charge on any atom is -0.483 e. The van der Waals surface area contributed by atoms with Crippen LogP contribution in [0.2, 0.25) is 0 Å². The van der Waals surface area contributed by atoms with Gasteiger partial charge in [0.15, 0.2) is 6.61 Å². The molecule has 5 N–H and O–H groups in total. The van der Waals surface area contributed by atoms with Crippen molar-refractivity contribution in [2.75, 3.05) is 11.9 Å². The molecule has 0 aliphatic carbocycles. The standard InChI is InChI=1S/C16H17N3O3/c17-9-11-5-7-12(8-6-11)19-15(20)10-22-14-4-2-1-3-13(14)16(18)21/h1-8H,9-10,17H2,(H2,18,21)(H,19,20). The van der Waals surface area contributed by atoms with Crippen LogP contribution >= 0.6 is 0 Å². The minimum atomic E-state index is -0.603. The van der Waals surface area contributed by atoms with Crippen LogP contribution in [0.15, 0.2) is 48.5 Å². The SMILES string of the molecule is NCc1ccc(NC(=O)COc2ccccc2C(N)=O)cc1. The third-order valence-electron chi connectivity index (χ3n) is 2.98. The van der Waals surface area contributed by atoms with Crippen molar-refractivity contribution in [1.82, 2.24) is 0 Å². The highest BCUT2D eigenvalue weighted by molar-refractivity contribution is 5.96. The van der Waals surface area contributed by atoms with Crippen LogP contribution in [0, 0.1) is 0 Å². The van der Waals surface area contributed by atoms with Crippen LogP contribution < -0.4 is 21.5 Å². The van der Waals surface area contributed by atoms with Gasteiger partial charge in [0.2, 0.25) is 0 Å². The third kappa shape index (κ3) is 4.07. The number of carbonyl (C=O) groups is 2. The maximum absolute atomic E-state index is 11.8. The molecule has 0 saturated carbocycles. The summed E-state index contributed by atoms with van der Waals surface area (Å²) < 4.78 is 5.34. The Balaban J connectivity index is 1.94. The van der Waals surface area contributed by atoms with Crippen LogP contribution in [-0.2, 0) is 11.3 Å². The van der Waals surface area contributed by atoms with Crippen molar-refractivity contribution in [3.63, 3.8) is 0 Å². The van der Waals surface area contributed by atoms with E-state index in [1.165, 1.54) is 0 Å². The number of carbonyl (C=O) groups excluding carboxylic acids is 2. The number of hydrogen-bond acceptors (Lipinski definition) is 4. The molecule has 0 aliphatic rings. The molecule has 0 spiro atoms.